The van der Waals surface area contributed by atoms with Crippen LogP contribution < -0.4 is 5.14 Å². The van der Waals surface area contributed by atoms with Crippen molar-refractivity contribution in [2.75, 3.05) is 13.7 Å². The van der Waals surface area contributed by atoms with Crippen LogP contribution in [0.2, 0.25) is 0 Å². The molecule has 1 rings (SSSR count). The molecule has 1 aromatic heterocycles. The molecule has 7 nitrogen and oxygen atoms in total. The minimum absolute atomic E-state index is 0.113. The first-order chi connectivity index (χ1) is 8.25. The molecule has 0 bridgehead atoms. The lowest BCUT2D eigenvalue weighted by Crippen LogP contribution is -2.21. The van der Waals surface area contributed by atoms with E-state index < -0.39 is 22.1 Å². The standard InChI is InChI=1S/C10H16N2O5S/c1-7(6-16-3)17-10(13)9-4-8(5-12(9)2)18(11,14)15/h4-5,7H,6H2,1-3H3,(H2,11,14,15). The van der Waals surface area contributed by atoms with Gasteiger partial charge in [0.05, 0.1) is 6.61 Å². The van der Waals surface area contributed by atoms with Crippen molar-refractivity contribution in [2.24, 2.45) is 12.2 Å². The molecule has 0 aliphatic carbocycles. The third-order valence-corrected chi connectivity index (χ3v) is 3.11. The van der Waals surface area contributed by atoms with Crippen molar-refractivity contribution in [1.29, 1.82) is 0 Å². The number of sulfonamides is 1. The van der Waals surface area contributed by atoms with Gasteiger partial charge in [0.15, 0.2) is 0 Å². The van der Waals surface area contributed by atoms with Gasteiger partial charge >= 0.3 is 5.97 Å². The Balaban J connectivity index is 2.91. The number of ether oxygens (including phenoxy) is 2. The van der Waals surface area contributed by atoms with Crippen LogP contribution in [0.15, 0.2) is 17.2 Å². The number of hydrogen-bond acceptors (Lipinski definition) is 5. The van der Waals surface area contributed by atoms with E-state index in [1.54, 1.807) is 6.92 Å². The summed E-state index contributed by atoms with van der Waals surface area (Å²) in [6, 6.07) is 1.18. The molecule has 1 atom stereocenters. The molecule has 18 heavy (non-hydrogen) atoms. The summed E-state index contributed by atoms with van der Waals surface area (Å²) in [4.78, 5) is 11.6. The van der Waals surface area contributed by atoms with Crippen LogP contribution >= 0.6 is 0 Å². The van der Waals surface area contributed by atoms with E-state index in [2.05, 4.69) is 0 Å². The van der Waals surface area contributed by atoms with Gasteiger partial charge in [0.2, 0.25) is 10.0 Å². The molecule has 0 aliphatic heterocycles. The van der Waals surface area contributed by atoms with Crippen LogP contribution in [0.5, 0.6) is 0 Å². The lowest BCUT2D eigenvalue weighted by Gasteiger charge is -2.12. The van der Waals surface area contributed by atoms with Crippen LogP contribution in [0.25, 0.3) is 0 Å². The van der Waals surface area contributed by atoms with E-state index in [4.69, 9.17) is 14.6 Å². The van der Waals surface area contributed by atoms with Crippen LogP contribution in [-0.2, 0) is 26.5 Å². The number of carbonyl (C=O) groups is 1. The molecule has 102 valence electrons. The van der Waals surface area contributed by atoms with Crippen LogP contribution in [0.3, 0.4) is 0 Å². The second kappa shape index (κ2) is 5.51. The predicted octanol–water partition coefficient (Wildman–Crippen LogP) is -0.136. The van der Waals surface area contributed by atoms with E-state index in [0.29, 0.717) is 0 Å². The van der Waals surface area contributed by atoms with Crippen molar-refractivity contribution in [3.8, 4) is 0 Å². The van der Waals surface area contributed by atoms with Gasteiger partial charge in [-0.15, -0.1) is 0 Å². The maximum atomic E-state index is 11.8. The molecule has 0 fully saturated rings. The maximum Gasteiger partial charge on any atom is 0.355 e. The Morgan fingerprint density at radius 3 is 2.61 bits per heavy atom. The van der Waals surface area contributed by atoms with Gasteiger partial charge in [-0.1, -0.05) is 0 Å². The van der Waals surface area contributed by atoms with Crippen molar-refractivity contribution in [3.63, 3.8) is 0 Å². The third-order valence-electron chi connectivity index (χ3n) is 2.23. The Bertz CT molecular complexity index is 534. The highest BCUT2D eigenvalue weighted by Crippen LogP contribution is 2.13. The average molecular weight is 276 g/mol. The second-order valence-corrected chi connectivity index (χ2v) is 5.45. The molecule has 0 saturated carbocycles. The summed E-state index contributed by atoms with van der Waals surface area (Å²) in [6.45, 7) is 1.93. The first kappa shape index (κ1) is 14.7. The quantitative estimate of drug-likeness (QED) is 0.755. The predicted molar refractivity (Wildman–Crippen MR) is 63.5 cm³/mol. The van der Waals surface area contributed by atoms with Crippen molar-refractivity contribution >= 4 is 16.0 Å². The Hall–Kier alpha value is -1.38. The number of methoxy groups -OCH3 is 1. The molecular formula is C10H16N2O5S. The Kier molecular flexibility index (Phi) is 4.49. The normalized spacial score (nSPS) is 13.3. The highest BCUT2D eigenvalue weighted by molar-refractivity contribution is 7.89. The summed E-state index contributed by atoms with van der Waals surface area (Å²) in [5.74, 6) is -0.628. The monoisotopic (exact) mass is 276 g/mol. The van der Waals surface area contributed by atoms with Crippen LogP contribution in [0.1, 0.15) is 17.4 Å². The largest absolute Gasteiger partial charge is 0.456 e. The van der Waals surface area contributed by atoms with Crippen LogP contribution in [-0.4, -0.2) is 38.8 Å². The van der Waals surface area contributed by atoms with Gasteiger partial charge in [-0.2, -0.15) is 0 Å². The van der Waals surface area contributed by atoms with Gasteiger partial charge in [0.25, 0.3) is 0 Å². The SMILES string of the molecule is COCC(C)OC(=O)c1cc(S(N)(=O)=O)cn1C. The first-order valence-corrected chi connectivity index (χ1v) is 6.69. The molecule has 2 N–H and O–H groups in total. The summed E-state index contributed by atoms with van der Waals surface area (Å²) in [7, 11) is -0.804. The van der Waals surface area contributed by atoms with E-state index >= 15 is 0 Å². The van der Waals surface area contributed by atoms with E-state index in [9.17, 15) is 13.2 Å². The third kappa shape index (κ3) is 3.56. The minimum atomic E-state index is -3.83. The molecule has 0 radical (unpaired) electrons. The number of primary sulfonamides is 1. The zero-order valence-electron chi connectivity index (χ0n) is 10.4. The Morgan fingerprint density at radius 2 is 2.17 bits per heavy atom. The molecule has 1 aromatic rings. The molecule has 0 amide bonds. The number of nitrogens with zero attached hydrogens (tertiary/aromatic N) is 1. The minimum Gasteiger partial charge on any atom is -0.456 e. The van der Waals surface area contributed by atoms with Gasteiger partial charge < -0.3 is 14.0 Å². The zero-order chi connectivity index (χ0) is 13.9. The lowest BCUT2D eigenvalue weighted by atomic mass is 10.4. The number of aromatic nitrogens is 1. The highest BCUT2D eigenvalue weighted by atomic mass is 32.2. The molecule has 1 unspecified atom stereocenters. The van der Waals surface area contributed by atoms with Gasteiger partial charge in [0.1, 0.15) is 16.7 Å². The summed E-state index contributed by atoms with van der Waals surface area (Å²) >= 11 is 0. The van der Waals surface area contributed by atoms with Crippen molar-refractivity contribution in [3.05, 3.63) is 18.0 Å². The summed E-state index contributed by atoms with van der Waals surface area (Å²) in [5.41, 5.74) is 0.113. The topological polar surface area (TPSA) is 101 Å². The van der Waals surface area contributed by atoms with Gasteiger partial charge in [0, 0.05) is 20.4 Å². The fourth-order valence-electron chi connectivity index (χ4n) is 1.40. The number of carbonyl (C=O) groups excluding carboxylic acids is 1. The second-order valence-electron chi connectivity index (χ2n) is 3.89. The Labute approximate surface area is 106 Å². The molecular weight excluding hydrogens is 260 g/mol. The fourth-order valence-corrected chi connectivity index (χ4v) is 1.99. The van der Waals surface area contributed by atoms with Crippen molar-refractivity contribution in [2.45, 2.75) is 17.9 Å². The van der Waals surface area contributed by atoms with Crippen LogP contribution in [0, 0.1) is 0 Å². The molecule has 0 aromatic carbocycles. The Morgan fingerprint density at radius 1 is 1.56 bits per heavy atom. The summed E-state index contributed by atoms with van der Waals surface area (Å²) in [6.07, 6.45) is 0.836. The number of aryl methyl sites for hydroxylation is 1. The molecule has 0 aliphatic rings. The summed E-state index contributed by atoms with van der Waals surface area (Å²) < 4.78 is 33.5. The van der Waals surface area contributed by atoms with Crippen LogP contribution in [0.4, 0.5) is 0 Å². The smallest absolute Gasteiger partial charge is 0.355 e. The fraction of sp³-hybridized carbons (Fsp3) is 0.500. The van der Waals surface area contributed by atoms with Gasteiger partial charge in [-0.05, 0) is 13.0 Å². The van der Waals surface area contributed by atoms with Crippen molar-refractivity contribution in [1.82, 2.24) is 4.57 Å². The van der Waals surface area contributed by atoms with E-state index in [1.165, 1.54) is 31.0 Å². The van der Waals surface area contributed by atoms with Gasteiger partial charge in [-0.25, -0.2) is 18.4 Å². The summed E-state index contributed by atoms with van der Waals surface area (Å²) in [5, 5.41) is 4.97. The molecule has 1 heterocycles. The van der Waals surface area contributed by atoms with E-state index in [-0.39, 0.29) is 17.2 Å². The average Bonchev–Trinajstić information content (AvgIpc) is 2.60. The van der Waals surface area contributed by atoms with E-state index in [0.717, 1.165) is 0 Å². The molecule has 8 heteroatoms. The zero-order valence-corrected chi connectivity index (χ0v) is 11.2. The maximum absolute atomic E-state index is 11.8. The first-order valence-electron chi connectivity index (χ1n) is 5.14. The van der Waals surface area contributed by atoms with E-state index in [1.807, 2.05) is 0 Å². The van der Waals surface area contributed by atoms with Crippen molar-refractivity contribution < 1.29 is 22.7 Å². The molecule has 0 spiro atoms. The highest BCUT2D eigenvalue weighted by Gasteiger charge is 2.19. The number of hydrogen-bond donors (Lipinski definition) is 1. The number of rotatable bonds is 5. The number of esters is 1. The number of nitrogens with two attached hydrogens (primary N) is 1. The van der Waals surface area contributed by atoms with Gasteiger partial charge in [-0.3, -0.25) is 0 Å². The lowest BCUT2D eigenvalue weighted by molar-refractivity contribution is 0.0111. The molecule has 0 saturated heterocycles.